The molecule has 0 bridgehead atoms. The molecule has 30 heavy (non-hydrogen) atoms. The van der Waals surface area contributed by atoms with Crippen LogP contribution in [0.5, 0.6) is 0 Å². The third kappa shape index (κ3) is 8.89. The van der Waals surface area contributed by atoms with Gasteiger partial charge in [-0.15, -0.1) is 0 Å². The van der Waals surface area contributed by atoms with Crippen LogP contribution in [-0.4, -0.2) is 107 Å². The fourth-order valence-electron chi connectivity index (χ4n) is 2.92. The fourth-order valence-corrected chi connectivity index (χ4v) is 2.92. The molecule has 1 rings (SSSR count). The first kappa shape index (κ1) is 25.5. The van der Waals surface area contributed by atoms with Crippen LogP contribution < -0.4 is 16.4 Å². The van der Waals surface area contributed by atoms with Gasteiger partial charge in [-0.2, -0.15) is 0 Å². The maximum atomic E-state index is 11.0. The van der Waals surface area contributed by atoms with Crippen molar-refractivity contribution in [1.82, 2.24) is 30.2 Å². The number of ether oxygens (including phenoxy) is 1. The maximum Gasteiger partial charge on any atom is 0.211 e. The van der Waals surface area contributed by atoms with E-state index in [-0.39, 0.29) is 0 Å². The van der Waals surface area contributed by atoms with Crippen LogP contribution in [0.4, 0.5) is 0 Å². The van der Waals surface area contributed by atoms with Crippen molar-refractivity contribution in [3.05, 3.63) is 48.3 Å². The normalized spacial score (nSPS) is 15.7. The SMILES string of the molecule is C=C(NC=O)/C(=C\C(=C\CNC(=C)N(C)CN)OC)N1CCN(CCN(C)C)CC1. The van der Waals surface area contributed by atoms with Gasteiger partial charge in [-0.1, -0.05) is 13.2 Å². The fraction of sp³-hybridized carbons (Fsp3) is 0.571. The lowest BCUT2D eigenvalue weighted by Crippen LogP contribution is -2.48. The summed E-state index contributed by atoms with van der Waals surface area (Å²) in [5.74, 6) is 1.40. The van der Waals surface area contributed by atoms with E-state index in [2.05, 4.69) is 52.6 Å². The van der Waals surface area contributed by atoms with Crippen molar-refractivity contribution in [2.75, 3.05) is 80.7 Å². The molecule has 1 aliphatic rings. The van der Waals surface area contributed by atoms with Crippen molar-refractivity contribution >= 4 is 6.41 Å². The molecular formula is C21H39N7O2. The van der Waals surface area contributed by atoms with Gasteiger partial charge in [0.2, 0.25) is 6.41 Å². The molecule has 9 heteroatoms. The number of likely N-dealkylation sites (N-methyl/N-ethyl adjacent to an activating group) is 1. The minimum Gasteiger partial charge on any atom is -0.497 e. The molecule has 0 aliphatic carbocycles. The lowest BCUT2D eigenvalue weighted by Gasteiger charge is -2.38. The highest BCUT2D eigenvalue weighted by Crippen LogP contribution is 2.17. The molecule has 0 radical (unpaired) electrons. The van der Waals surface area contributed by atoms with Crippen molar-refractivity contribution in [2.45, 2.75) is 0 Å². The number of methoxy groups -OCH3 is 1. The van der Waals surface area contributed by atoms with E-state index in [1.54, 1.807) is 7.11 Å². The number of allylic oxidation sites excluding steroid dienone is 1. The molecule has 0 aromatic heterocycles. The van der Waals surface area contributed by atoms with E-state index < -0.39 is 0 Å². The number of nitrogens with two attached hydrogens (primary N) is 1. The van der Waals surface area contributed by atoms with Gasteiger partial charge in [0.1, 0.15) is 5.76 Å². The standard InChI is InChI=1S/C21H39N7O2/c1-18(24-17-29)21(28-13-11-27(12-14-28)10-9-25(3)4)15-20(30-6)7-8-23-19(2)26(5)16-22/h7,15,17,23H,1-2,8-14,16,22H2,3-6H3,(H,24,29)/b20-7-,21-15+. The quantitative estimate of drug-likeness (QED) is 0.153. The molecule has 0 aromatic rings. The molecule has 1 amide bonds. The Bertz CT molecular complexity index is 623. The van der Waals surface area contributed by atoms with E-state index >= 15 is 0 Å². The smallest absolute Gasteiger partial charge is 0.211 e. The van der Waals surface area contributed by atoms with Crippen LogP contribution in [0.1, 0.15) is 0 Å². The summed E-state index contributed by atoms with van der Waals surface area (Å²) in [7, 11) is 7.66. The average Bonchev–Trinajstić information content (AvgIpc) is 2.74. The van der Waals surface area contributed by atoms with Crippen LogP contribution >= 0.6 is 0 Å². The average molecular weight is 422 g/mol. The second kappa shape index (κ2) is 13.7. The summed E-state index contributed by atoms with van der Waals surface area (Å²) in [5.41, 5.74) is 7.00. The summed E-state index contributed by atoms with van der Waals surface area (Å²) in [4.78, 5) is 19.7. The predicted octanol–water partition coefficient (Wildman–Crippen LogP) is -0.252. The highest BCUT2D eigenvalue weighted by Gasteiger charge is 2.20. The van der Waals surface area contributed by atoms with Gasteiger partial charge in [-0.05, 0) is 20.2 Å². The Labute approximate surface area is 181 Å². The monoisotopic (exact) mass is 421 g/mol. The number of nitrogens with one attached hydrogen (secondary N) is 2. The van der Waals surface area contributed by atoms with E-state index in [4.69, 9.17) is 10.5 Å². The first-order valence-electron chi connectivity index (χ1n) is 10.1. The number of hydrogen-bond donors (Lipinski definition) is 3. The first-order valence-corrected chi connectivity index (χ1v) is 10.1. The van der Waals surface area contributed by atoms with Gasteiger partial charge in [0.15, 0.2) is 0 Å². The van der Waals surface area contributed by atoms with E-state index in [0.717, 1.165) is 50.8 Å². The summed E-state index contributed by atoms with van der Waals surface area (Å²) in [6.07, 6.45) is 4.47. The van der Waals surface area contributed by atoms with Gasteiger partial charge in [-0.25, -0.2) is 0 Å². The van der Waals surface area contributed by atoms with E-state index in [1.807, 2.05) is 24.1 Å². The highest BCUT2D eigenvalue weighted by molar-refractivity contribution is 5.53. The summed E-state index contributed by atoms with van der Waals surface area (Å²) >= 11 is 0. The van der Waals surface area contributed by atoms with Gasteiger partial charge < -0.3 is 35.8 Å². The van der Waals surface area contributed by atoms with Crippen molar-refractivity contribution < 1.29 is 9.53 Å². The molecule has 1 fully saturated rings. The minimum absolute atomic E-state index is 0.383. The number of piperazine rings is 1. The van der Waals surface area contributed by atoms with E-state index in [0.29, 0.717) is 31.1 Å². The summed E-state index contributed by atoms with van der Waals surface area (Å²) in [5, 5.41) is 5.86. The third-order valence-electron chi connectivity index (χ3n) is 4.98. The van der Waals surface area contributed by atoms with Gasteiger partial charge in [-0.3, -0.25) is 9.69 Å². The molecule has 0 unspecified atom stereocenters. The van der Waals surface area contributed by atoms with Crippen molar-refractivity contribution in [1.29, 1.82) is 0 Å². The van der Waals surface area contributed by atoms with Crippen LogP contribution in [0.3, 0.4) is 0 Å². The predicted molar refractivity (Wildman–Crippen MR) is 122 cm³/mol. The molecule has 1 saturated heterocycles. The van der Waals surface area contributed by atoms with Gasteiger partial charge >= 0.3 is 0 Å². The van der Waals surface area contributed by atoms with Gasteiger partial charge in [0.05, 0.1) is 31.0 Å². The lowest BCUT2D eigenvalue weighted by molar-refractivity contribution is -0.108. The molecule has 170 valence electrons. The van der Waals surface area contributed by atoms with E-state index in [9.17, 15) is 4.79 Å². The Balaban J connectivity index is 2.84. The summed E-state index contributed by atoms with van der Waals surface area (Å²) in [6.45, 7) is 14.6. The summed E-state index contributed by atoms with van der Waals surface area (Å²) in [6, 6.07) is 0. The molecule has 0 atom stereocenters. The molecule has 0 spiro atoms. The molecule has 1 heterocycles. The van der Waals surface area contributed by atoms with Crippen molar-refractivity contribution in [3.63, 3.8) is 0 Å². The molecule has 0 saturated carbocycles. The summed E-state index contributed by atoms with van der Waals surface area (Å²) < 4.78 is 5.53. The number of carbonyl (C=O) groups excluding carboxylic acids is 1. The molecule has 0 aromatic carbocycles. The van der Waals surface area contributed by atoms with Crippen molar-refractivity contribution in [2.24, 2.45) is 5.73 Å². The maximum absolute atomic E-state index is 11.0. The molecule has 9 nitrogen and oxygen atoms in total. The molecule has 4 N–H and O–H groups in total. The van der Waals surface area contributed by atoms with Crippen molar-refractivity contribution in [3.8, 4) is 0 Å². The Morgan fingerprint density at radius 1 is 1.20 bits per heavy atom. The number of nitrogens with zero attached hydrogens (tertiary/aromatic N) is 4. The lowest BCUT2D eigenvalue weighted by atomic mass is 10.2. The Morgan fingerprint density at radius 2 is 1.87 bits per heavy atom. The number of amides is 1. The molecular weight excluding hydrogens is 382 g/mol. The highest BCUT2D eigenvalue weighted by atomic mass is 16.5. The van der Waals surface area contributed by atoms with Gasteiger partial charge in [0, 0.05) is 58.9 Å². The van der Waals surface area contributed by atoms with Crippen LogP contribution in [0.15, 0.2) is 48.3 Å². The number of carbonyl (C=O) groups is 1. The largest absolute Gasteiger partial charge is 0.497 e. The van der Waals surface area contributed by atoms with Crippen LogP contribution in [0.2, 0.25) is 0 Å². The first-order chi connectivity index (χ1) is 14.3. The van der Waals surface area contributed by atoms with Crippen LogP contribution in [-0.2, 0) is 9.53 Å². The van der Waals surface area contributed by atoms with Gasteiger partial charge in [0.25, 0.3) is 0 Å². The Morgan fingerprint density at radius 3 is 2.40 bits per heavy atom. The van der Waals surface area contributed by atoms with Crippen LogP contribution in [0.25, 0.3) is 0 Å². The zero-order valence-electron chi connectivity index (χ0n) is 19.0. The Hall–Kier alpha value is -2.49. The van der Waals surface area contributed by atoms with Crippen LogP contribution in [0, 0.1) is 0 Å². The third-order valence-corrected chi connectivity index (χ3v) is 4.98. The van der Waals surface area contributed by atoms with E-state index in [1.165, 1.54) is 0 Å². The molecule has 1 aliphatic heterocycles. The second-order valence-corrected chi connectivity index (χ2v) is 7.42. The number of hydrogen-bond acceptors (Lipinski definition) is 8. The minimum atomic E-state index is 0.383. The topological polar surface area (TPSA) is 89.3 Å². The second-order valence-electron chi connectivity index (χ2n) is 7.42. The zero-order valence-corrected chi connectivity index (χ0v) is 19.0. The Kier molecular flexibility index (Phi) is 11.7. The zero-order chi connectivity index (χ0) is 22.5. The number of rotatable bonds is 14.